The zero-order valence-corrected chi connectivity index (χ0v) is 10.4. The second-order valence-corrected chi connectivity index (χ2v) is 4.91. The lowest BCUT2D eigenvalue weighted by atomic mass is 10.1. The molecule has 2 rings (SSSR count). The van der Waals surface area contributed by atoms with Gasteiger partial charge in [0.25, 0.3) is 0 Å². The number of halogens is 1. The molecule has 2 nitrogen and oxygen atoms in total. The third-order valence-corrected chi connectivity index (χ3v) is 3.38. The quantitative estimate of drug-likeness (QED) is 0.838. The van der Waals surface area contributed by atoms with Gasteiger partial charge in [-0.25, -0.2) is 4.39 Å². The molecule has 0 aliphatic heterocycles. The van der Waals surface area contributed by atoms with Crippen LogP contribution in [0.25, 0.3) is 0 Å². The SMILES string of the molecule is NC(=S)c1cc(F)ccc1OCC1CCCC1. The predicted molar refractivity (Wildman–Crippen MR) is 69.7 cm³/mol. The normalized spacial score (nSPS) is 16.1. The smallest absolute Gasteiger partial charge is 0.129 e. The van der Waals surface area contributed by atoms with Crippen LogP contribution in [-0.4, -0.2) is 11.6 Å². The second kappa shape index (κ2) is 5.45. The number of hydrogen-bond acceptors (Lipinski definition) is 2. The molecule has 1 aliphatic carbocycles. The molecule has 0 aromatic heterocycles. The molecule has 0 radical (unpaired) electrons. The molecule has 4 heteroatoms. The first-order valence-electron chi connectivity index (χ1n) is 5.89. The molecule has 1 aromatic carbocycles. The third-order valence-electron chi connectivity index (χ3n) is 3.16. The van der Waals surface area contributed by atoms with E-state index in [1.54, 1.807) is 6.07 Å². The first-order valence-corrected chi connectivity index (χ1v) is 6.30. The summed E-state index contributed by atoms with van der Waals surface area (Å²) >= 11 is 4.89. The molecule has 1 saturated carbocycles. The van der Waals surface area contributed by atoms with Crippen molar-refractivity contribution in [3.05, 3.63) is 29.6 Å². The van der Waals surface area contributed by atoms with Gasteiger partial charge in [0.2, 0.25) is 0 Å². The Kier molecular flexibility index (Phi) is 3.94. The van der Waals surface area contributed by atoms with Crippen LogP contribution in [0.15, 0.2) is 18.2 Å². The highest BCUT2D eigenvalue weighted by molar-refractivity contribution is 7.80. The maximum atomic E-state index is 13.1. The maximum Gasteiger partial charge on any atom is 0.129 e. The summed E-state index contributed by atoms with van der Waals surface area (Å²) in [4.78, 5) is 0.172. The zero-order valence-electron chi connectivity index (χ0n) is 9.62. The minimum atomic E-state index is -0.346. The highest BCUT2D eigenvalue weighted by Gasteiger charge is 2.16. The molecule has 0 atom stereocenters. The Morgan fingerprint density at radius 2 is 2.12 bits per heavy atom. The fourth-order valence-corrected chi connectivity index (χ4v) is 2.36. The van der Waals surface area contributed by atoms with E-state index in [1.807, 2.05) is 0 Å². The number of ether oxygens (including phenoxy) is 1. The lowest BCUT2D eigenvalue weighted by Crippen LogP contribution is -2.14. The molecular weight excluding hydrogens is 237 g/mol. The lowest BCUT2D eigenvalue weighted by Gasteiger charge is -2.14. The topological polar surface area (TPSA) is 35.2 Å². The Morgan fingerprint density at radius 3 is 2.76 bits per heavy atom. The van der Waals surface area contributed by atoms with Crippen molar-refractivity contribution in [1.82, 2.24) is 0 Å². The van der Waals surface area contributed by atoms with Gasteiger partial charge in [0.15, 0.2) is 0 Å². The number of hydrogen-bond donors (Lipinski definition) is 1. The van der Waals surface area contributed by atoms with Crippen LogP contribution in [-0.2, 0) is 0 Å². The molecule has 17 heavy (non-hydrogen) atoms. The first-order chi connectivity index (χ1) is 8.16. The van der Waals surface area contributed by atoms with Crippen LogP contribution in [0.4, 0.5) is 4.39 Å². The van der Waals surface area contributed by atoms with E-state index in [0.717, 1.165) is 0 Å². The van der Waals surface area contributed by atoms with Crippen molar-refractivity contribution in [3.8, 4) is 5.75 Å². The minimum Gasteiger partial charge on any atom is -0.493 e. The predicted octanol–water partition coefficient (Wildman–Crippen LogP) is 3.03. The van der Waals surface area contributed by atoms with E-state index in [4.69, 9.17) is 22.7 Å². The number of thiocarbonyl (C=S) groups is 1. The van der Waals surface area contributed by atoms with Crippen LogP contribution in [0, 0.1) is 11.7 Å². The average molecular weight is 253 g/mol. The van der Waals surface area contributed by atoms with E-state index in [0.29, 0.717) is 23.8 Å². The molecule has 1 aromatic rings. The van der Waals surface area contributed by atoms with Gasteiger partial charge in [-0.3, -0.25) is 0 Å². The Labute approximate surface area is 106 Å². The molecule has 0 unspecified atom stereocenters. The van der Waals surface area contributed by atoms with Crippen molar-refractivity contribution < 1.29 is 9.13 Å². The largest absolute Gasteiger partial charge is 0.493 e. The minimum absolute atomic E-state index is 0.172. The van der Waals surface area contributed by atoms with Crippen molar-refractivity contribution in [3.63, 3.8) is 0 Å². The number of benzene rings is 1. The van der Waals surface area contributed by atoms with Gasteiger partial charge in [-0.1, -0.05) is 25.1 Å². The van der Waals surface area contributed by atoms with Crippen LogP contribution < -0.4 is 10.5 Å². The third kappa shape index (κ3) is 3.16. The van der Waals surface area contributed by atoms with Crippen molar-refractivity contribution in [2.45, 2.75) is 25.7 Å². The molecule has 0 bridgehead atoms. The number of rotatable bonds is 4. The summed E-state index contributed by atoms with van der Waals surface area (Å²) in [7, 11) is 0. The van der Waals surface area contributed by atoms with E-state index in [9.17, 15) is 4.39 Å². The average Bonchev–Trinajstić information content (AvgIpc) is 2.80. The molecule has 1 aliphatic rings. The van der Waals surface area contributed by atoms with E-state index < -0.39 is 0 Å². The van der Waals surface area contributed by atoms with Crippen molar-refractivity contribution in [1.29, 1.82) is 0 Å². The van der Waals surface area contributed by atoms with E-state index >= 15 is 0 Å². The van der Waals surface area contributed by atoms with Gasteiger partial charge in [0.05, 0.1) is 12.2 Å². The second-order valence-electron chi connectivity index (χ2n) is 4.47. The molecule has 0 saturated heterocycles. The Morgan fingerprint density at radius 1 is 1.41 bits per heavy atom. The van der Waals surface area contributed by atoms with Crippen LogP contribution in [0.5, 0.6) is 5.75 Å². The first kappa shape index (κ1) is 12.3. The van der Waals surface area contributed by atoms with Crippen LogP contribution >= 0.6 is 12.2 Å². The van der Waals surface area contributed by atoms with Gasteiger partial charge in [-0.05, 0) is 37.0 Å². The molecule has 0 spiro atoms. The Balaban J connectivity index is 2.06. The van der Waals surface area contributed by atoms with E-state index in [2.05, 4.69) is 0 Å². The van der Waals surface area contributed by atoms with Crippen LogP contribution in [0.2, 0.25) is 0 Å². The fourth-order valence-electron chi connectivity index (χ4n) is 2.21. The maximum absolute atomic E-state index is 13.1. The summed E-state index contributed by atoms with van der Waals surface area (Å²) in [6, 6.07) is 4.29. The van der Waals surface area contributed by atoms with Gasteiger partial charge in [0.1, 0.15) is 16.6 Å². The van der Waals surface area contributed by atoms with Crippen molar-refractivity contribution >= 4 is 17.2 Å². The highest BCUT2D eigenvalue weighted by atomic mass is 32.1. The van der Waals surface area contributed by atoms with Gasteiger partial charge in [0, 0.05) is 0 Å². The fraction of sp³-hybridized carbons (Fsp3) is 0.462. The van der Waals surface area contributed by atoms with Crippen molar-refractivity contribution in [2.75, 3.05) is 6.61 Å². The summed E-state index contributed by atoms with van der Waals surface area (Å²) < 4.78 is 18.8. The highest BCUT2D eigenvalue weighted by Crippen LogP contribution is 2.27. The summed E-state index contributed by atoms with van der Waals surface area (Å²) in [5, 5.41) is 0. The Bertz CT molecular complexity index is 416. The zero-order chi connectivity index (χ0) is 12.3. The molecule has 0 heterocycles. The number of nitrogens with two attached hydrogens (primary N) is 1. The molecule has 2 N–H and O–H groups in total. The Hall–Kier alpha value is -1.16. The molecule has 0 amide bonds. The monoisotopic (exact) mass is 253 g/mol. The van der Waals surface area contributed by atoms with E-state index in [-0.39, 0.29) is 10.8 Å². The molecule has 92 valence electrons. The summed E-state index contributed by atoms with van der Waals surface area (Å²) in [6.07, 6.45) is 4.98. The van der Waals surface area contributed by atoms with Gasteiger partial charge in [-0.2, -0.15) is 0 Å². The summed E-state index contributed by atoms with van der Waals surface area (Å²) in [5.41, 5.74) is 6.04. The van der Waals surface area contributed by atoms with Gasteiger partial charge >= 0.3 is 0 Å². The lowest BCUT2D eigenvalue weighted by molar-refractivity contribution is 0.251. The summed E-state index contributed by atoms with van der Waals surface area (Å²) in [5.74, 6) is 0.853. The van der Waals surface area contributed by atoms with Crippen molar-refractivity contribution in [2.24, 2.45) is 11.7 Å². The molecular formula is C13H16FNOS. The molecule has 1 fully saturated rings. The van der Waals surface area contributed by atoms with E-state index in [1.165, 1.54) is 37.8 Å². The van der Waals surface area contributed by atoms with Crippen LogP contribution in [0.1, 0.15) is 31.2 Å². The summed E-state index contributed by atoms with van der Waals surface area (Å²) in [6.45, 7) is 0.668. The van der Waals surface area contributed by atoms with Crippen LogP contribution in [0.3, 0.4) is 0 Å². The van der Waals surface area contributed by atoms with Gasteiger partial charge < -0.3 is 10.5 Å². The standard InChI is InChI=1S/C13H16FNOS/c14-10-5-6-12(11(7-10)13(15)17)16-8-9-3-1-2-4-9/h5-7,9H,1-4,8H2,(H2,15,17). The van der Waals surface area contributed by atoms with Gasteiger partial charge in [-0.15, -0.1) is 0 Å².